The number of anilines is 2. The first-order chi connectivity index (χ1) is 11.2. The van der Waals surface area contributed by atoms with Gasteiger partial charge in [-0.25, -0.2) is 4.79 Å². The van der Waals surface area contributed by atoms with Gasteiger partial charge >= 0.3 is 6.03 Å². The molecular weight excluding hydrogens is 292 g/mol. The van der Waals surface area contributed by atoms with E-state index < -0.39 is 6.04 Å². The minimum absolute atomic E-state index is 0.0522. The van der Waals surface area contributed by atoms with Crippen molar-refractivity contribution in [3.8, 4) is 0 Å². The molecular formula is C17H18N4O2. The number of carbonyl (C=O) groups excluding carboxylic acids is 2. The summed E-state index contributed by atoms with van der Waals surface area (Å²) >= 11 is 0. The van der Waals surface area contributed by atoms with Crippen LogP contribution in [0.4, 0.5) is 16.2 Å². The van der Waals surface area contributed by atoms with Crippen LogP contribution in [0.5, 0.6) is 0 Å². The molecule has 118 valence electrons. The zero-order valence-corrected chi connectivity index (χ0v) is 12.8. The summed E-state index contributed by atoms with van der Waals surface area (Å²) in [6, 6.07) is 12.2. The molecule has 6 nitrogen and oxygen atoms in total. The van der Waals surface area contributed by atoms with E-state index >= 15 is 0 Å². The second-order valence-electron chi connectivity index (χ2n) is 5.41. The second kappa shape index (κ2) is 6.48. The lowest BCUT2D eigenvalue weighted by Gasteiger charge is -2.24. The highest BCUT2D eigenvalue weighted by atomic mass is 16.2. The van der Waals surface area contributed by atoms with Crippen LogP contribution < -0.4 is 10.2 Å². The number of nitrogens with one attached hydrogen (secondary N) is 1. The Kier molecular flexibility index (Phi) is 4.23. The van der Waals surface area contributed by atoms with Crippen LogP contribution >= 0.6 is 0 Å². The van der Waals surface area contributed by atoms with Gasteiger partial charge in [-0.15, -0.1) is 0 Å². The SMILES string of the molecule is CN(C(=O)Nc1ccncc1)[C@H]1CCN(c2ccccc2)C1=O. The number of carbonyl (C=O) groups is 2. The molecule has 1 saturated heterocycles. The maximum absolute atomic E-state index is 12.6. The fourth-order valence-electron chi connectivity index (χ4n) is 2.68. The van der Waals surface area contributed by atoms with E-state index in [-0.39, 0.29) is 11.9 Å². The van der Waals surface area contributed by atoms with Crippen molar-refractivity contribution in [1.29, 1.82) is 0 Å². The van der Waals surface area contributed by atoms with Crippen LogP contribution in [-0.4, -0.2) is 41.5 Å². The Morgan fingerprint density at radius 2 is 1.91 bits per heavy atom. The van der Waals surface area contributed by atoms with Crippen molar-refractivity contribution in [3.63, 3.8) is 0 Å². The van der Waals surface area contributed by atoms with E-state index in [9.17, 15) is 9.59 Å². The number of hydrogen-bond donors (Lipinski definition) is 1. The van der Waals surface area contributed by atoms with Gasteiger partial charge in [-0.05, 0) is 30.7 Å². The predicted molar refractivity (Wildman–Crippen MR) is 88.2 cm³/mol. The Bertz CT molecular complexity index is 690. The van der Waals surface area contributed by atoms with Crippen molar-refractivity contribution in [3.05, 3.63) is 54.9 Å². The second-order valence-corrected chi connectivity index (χ2v) is 5.41. The van der Waals surface area contributed by atoms with Crippen molar-refractivity contribution in [2.75, 3.05) is 23.8 Å². The van der Waals surface area contributed by atoms with E-state index in [0.717, 1.165) is 5.69 Å². The summed E-state index contributed by atoms with van der Waals surface area (Å²) in [6.07, 6.45) is 3.83. The summed E-state index contributed by atoms with van der Waals surface area (Å²) in [5, 5.41) is 2.77. The summed E-state index contributed by atoms with van der Waals surface area (Å²) in [7, 11) is 1.65. The zero-order valence-electron chi connectivity index (χ0n) is 12.8. The van der Waals surface area contributed by atoms with E-state index in [1.54, 1.807) is 36.5 Å². The van der Waals surface area contributed by atoms with Crippen LogP contribution in [0.25, 0.3) is 0 Å². The van der Waals surface area contributed by atoms with Crippen LogP contribution in [0.1, 0.15) is 6.42 Å². The van der Waals surface area contributed by atoms with E-state index in [2.05, 4.69) is 10.3 Å². The number of rotatable bonds is 3. The molecule has 3 rings (SSSR count). The lowest BCUT2D eigenvalue weighted by atomic mass is 10.2. The molecule has 6 heteroatoms. The first kappa shape index (κ1) is 15.0. The Balaban J connectivity index is 1.67. The Hall–Kier alpha value is -2.89. The van der Waals surface area contributed by atoms with Gasteiger partial charge in [0.15, 0.2) is 0 Å². The van der Waals surface area contributed by atoms with Gasteiger partial charge in [-0.3, -0.25) is 9.78 Å². The summed E-state index contributed by atoms with van der Waals surface area (Å²) < 4.78 is 0. The first-order valence-corrected chi connectivity index (χ1v) is 7.47. The molecule has 0 saturated carbocycles. The van der Waals surface area contributed by atoms with Gasteiger partial charge in [0.05, 0.1) is 0 Å². The number of para-hydroxylation sites is 1. The van der Waals surface area contributed by atoms with Crippen molar-refractivity contribution < 1.29 is 9.59 Å². The molecule has 0 bridgehead atoms. The number of hydrogen-bond acceptors (Lipinski definition) is 3. The van der Waals surface area contributed by atoms with Crippen LogP contribution in [0, 0.1) is 0 Å². The van der Waals surface area contributed by atoms with E-state index in [0.29, 0.717) is 18.7 Å². The third-order valence-corrected chi connectivity index (χ3v) is 3.96. The standard InChI is InChI=1S/C17H18N4O2/c1-20(17(23)19-13-7-10-18-11-8-13)15-9-12-21(16(15)22)14-5-3-2-4-6-14/h2-8,10-11,15H,9,12H2,1H3,(H,18,19,23)/t15-/m0/s1. The maximum Gasteiger partial charge on any atom is 0.322 e. The van der Waals surface area contributed by atoms with Gasteiger partial charge in [-0.1, -0.05) is 18.2 Å². The van der Waals surface area contributed by atoms with Gasteiger partial charge < -0.3 is 15.1 Å². The van der Waals surface area contributed by atoms with E-state index in [1.165, 1.54) is 4.90 Å². The third-order valence-electron chi connectivity index (χ3n) is 3.96. The molecule has 1 atom stereocenters. The zero-order chi connectivity index (χ0) is 16.2. The fourth-order valence-corrected chi connectivity index (χ4v) is 2.68. The molecule has 0 spiro atoms. The summed E-state index contributed by atoms with van der Waals surface area (Å²) in [5.41, 5.74) is 1.52. The van der Waals surface area contributed by atoms with E-state index in [4.69, 9.17) is 0 Å². The highest BCUT2D eigenvalue weighted by molar-refractivity contribution is 6.02. The molecule has 2 heterocycles. The number of nitrogens with zero attached hydrogens (tertiary/aromatic N) is 3. The topological polar surface area (TPSA) is 65.5 Å². The van der Waals surface area contributed by atoms with Crippen molar-refractivity contribution in [2.24, 2.45) is 0 Å². The van der Waals surface area contributed by atoms with Crippen molar-refractivity contribution >= 4 is 23.3 Å². The first-order valence-electron chi connectivity index (χ1n) is 7.47. The minimum Gasteiger partial charge on any atom is -0.315 e. The van der Waals surface area contributed by atoms with Crippen LogP contribution in [0.3, 0.4) is 0 Å². The normalized spacial score (nSPS) is 17.2. The highest BCUT2D eigenvalue weighted by Gasteiger charge is 2.37. The van der Waals surface area contributed by atoms with Crippen LogP contribution in [0.2, 0.25) is 0 Å². The molecule has 1 aromatic carbocycles. The lowest BCUT2D eigenvalue weighted by molar-refractivity contribution is -0.120. The number of urea groups is 1. The molecule has 1 fully saturated rings. The Morgan fingerprint density at radius 1 is 1.22 bits per heavy atom. The van der Waals surface area contributed by atoms with Gasteiger partial charge in [-0.2, -0.15) is 0 Å². The fraction of sp³-hybridized carbons (Fsp3) is 0.235. The summed E-state index contributed by atoms with van der Waals surface area (Å²) in [4.78, 5) is 32.0. The van der Waals surface area contributed by atoms with Gasteiger partial charge in [0.2, 0.25) is 5.91 Å². The number of amides is 3. The Morgan fingerprint density at radius 3 is 2.61 bits per heavy atom. The number of benzene rings is 1. The Labute approximate surface area is 134 Å². The number of likely N-dealkylation sites (N-methyl/N-ethyl adjacent to an activating group) is 1. The van der Waals surface area contributed by atoms with E-state index in [1.807, 2.05) is 30.3 Å². The monoisotopic (exact) mass is 310 g/mol. The van der Waals surface area contributed by atoms with Gasteiger partial charge in [0.25, 0.3) is 0 Å². The van der Waals surface area contributed by atoms with Crippen molar-refractivity contribution in [1.82, 2.24) is 9.88 Å². The summed E-state index contributed by atoms with van der Waals surface area (Å²) in [6.45, 7) is 0.611. The molecule has 3 amide bonds. The smallest absolute Gasteiger partial charge is 0.315 e. The molecule has 0 unspecified atom stereocenters. The molecule has 1 aliphatic rings. The molecule has 0 aliphatic carbocycles. The molecule has 0 radical (unpaired) electrons. The molecule has 1 aliphatic heterocycles. The van der Waals surface area contributed by atoms with Crippen molar-refractivity contribution in [2.45, 2.75) is 12.5 Å². The van der Waals surface area contributed by atoms with Crippen LogP contribution in [0.15, 0.2) is 54.9 Å². The molecule has 1 aromatic heterocycles. The largest absolute Gasteiger partial charge is 0.322 e. The average molecular weight is 310 g/mol. The maximum atomic E-state index is 12.6. The molecule has 2 aromatic rings. The van der Waals surface area contributed by atoms with Gasteiger partial charge in [0.1, 0.15) is 6.04 Å². The highest BCUT2D eigenvalue weighted by Crippen LogP contribution is 2.24. The predicted octanol–water partition coefficient (Wildman–Crippen LogP) is 2.35. The lowest BCUT2D eigenvalue weighted by Crippen LogP contribution is -2.44. The summed E-state index contributed by atoms with van der Waals surface area (Å²) in [5.74, 6) is -0.0522. The number of pyridine rings is 1. The van der Waals surface area contributed by atoms with Crippen LogP contribution in [-0.2, 0) is 4.79 Å². The number of aromatic nitrogens is 1. The minimum atomic E-state index is -0.447. The quantitative estimate of drug-likeness (QED) is 0.946. The molecule has 1 N–H and O–H groups in total. The average Bonchev–Trinajstić information content (AvgIpc) is 2.97. The van der Waals surface area contributed by atoms with Gasteiger partial charge in [0, 0.05) is 37.4 Å². The molecule has 23 heavy (non-hydrogen) atoms. The third kappa shape index (κ3) is 3.15.